The number of hydrogen-bond acceptors (Lipinski definition) is 4. The summed E-state index contributed by atoms with van der Waals surface area (Å²) in [5.41, 5.74) is 3.44. The molecule has 0 atom stereocenters. The number of nitrogens with one attached hydrogen (secondary N) is 1. The SMILES string of the molecule is O=C(NC1CC1)c1ccc(-c2c(CO)nc3c(Br)nc(Br)cn23)cc1. The second-order valence-electron chi connectivity index (χ2n) is 5.94. The first-order valence-electron chi connectivity index (χ1n) is 7.82. The summed E-state index contributed by atoms with van der Waals surface area (Å²) in [4.78, 5) is 20.9. The molecule has 2 N–H and O–H groups in total. The van der Waals surface area contributed by atoms with E-state index in [0.29, 0.717) is 32.2 Å². The average molecular weight is 466 g/mol. The van der Waals surface area contributed by atoms with Crippen LogP contribution in [0, 0.1) is 0 Å². The van der Waals surface area contributed by atoms with Crippen molar-refractivity contribution in [3.8, 4) is 11.3 Å². The number of aliphatic hydroxyl groups excluding tert-OH is 1. The number of fused-ring (bicyclic) bond motifs is 1. The van der Waals surface area contributed by atoms with Crippen molar-refractivity contribution in [3.63, 3.8) is 0 Å². The molecule has 8 heteroatoms. The van der Waals surface area contributed by atoms with Crippen LogP contribution >= 0.6 is 31.9 Å². The maximum absolute atomic E-state index is 12.1. The third-order valence-electron chi connectivity index (χ3n) is 4.09. The topological polar surface area (TPSA) is 79.5 Å². The molecule has 1 fully saturated rings. The normalized spacial score (nSPS) is 14.0. The van der Waals surface area contributed by atoms with Gasteiger partial charge in [-0.1, -0.05) is 12.1 Å². The van der Waals surface area contributed by atoms with Crippen LogP contribution in [0.4, 0.5) is 0 Å². The lowest BCUT2D eigenvalue weighted by Gasteiger charge is -2.07. The third-order valence-corrected chi connectivity index (χ3v) is 5.01. The van der Waals surface area contributed by atoms with Gasteiger partial charge in [0.1, 0.15) is 4.60 Å². The van der Waals surface area contributed by atoms with Gasteiger partial charge in [0.15, 0.2) is 10.3 Å². The highest BCUT2D eigenvalue weighted by Gasteiger charge is 2.24. The van der Waals surface area contributed by atoms with Crippen molar-refractivity contribution in [2.24, 2.45) is 0 Å². The molecular weight excluding hydrogens is 452 g/mol. The van der Waals surface area contributed by atoms with Crippen LogP contribution in [0.25, 0.3) is 16.9 Å². The Kier molecular flexibility index (Phi) is 4.35. The molecule has 25 heavy (non-hydrogen) atoms. The highest BCUT2D eigenvalue weighted by atomic mass is 79.9. The van der Waals surface area contributed by atoms with Gasteiger partial charge >= 0.3 is 0 Å². The van der Waals surface area contributed by atoms with E-state index in [2.05, 4.69) is 47.1 Å². The monoisotopic (exact) mass is 464 g/mol. The number of hydrogen-bond donors (Lipinski definition) is 2. The number of amides is 1. The number of carbonyl (C=O) groups is 1. The van der Waals surface area contributed by atoms with Crippen LogP contribution in [-0.2, 0) is 6.61 Å². The van der Waals surface area contributed by atoms with Crippen molar-refractivity contribution >= 4 is 43.4 Å². The zero-order valence-electron chi connectivity index (χ0n) is 13.0. The Morgan fingerprint density at radius 3 is 2.60 bits per heavy atom. The molecule has 0 bridgehead atoms. The fourth-order valence-corrected chi connectivity index (χ4v) is 3.81. The number of benzene rings is 1. The van der Waals surface area contributed by atoms with Gasteiger partial charge in [-0.05, 0) is 56.8 Å². The molecule has 6 nitrogen and oxygen atoms in total. The first-order valence-corrected chi connectivity index (χ1v) is 9.40. The van der Waals surface area contributed by atoms with Crippen LogP contribution in [0.15, 0.2) is 39.7 Å². The molecule has 1 aromatic carbocycles. The molecule has 128 valence electrons. The van der Waals surface area contributed by atoms with Crippen LogP contribution in [0.3, 0.4) is 0 Å². The Balaban J connectivity index is 1.77. The quantitative estimate of drug-likeness (QED) is 0.619. The first-order chi connectivity index (χ1) is 12.1. The van der Waals surface area contributed by atoms with E-state index in [1.54, 1.807) is 18.3 Å². The Labute approximate surface area is 160 Å². The summed E-state index contributed by atoms with van der Waals surface area (Å²) in [6.45, 7) is -0.189. The lowest BCUT2D eigenvalue weighted by atomic mass is 10.1. The smallest absolute Gasteiger partial charge is 0.251 e. The van der Waals surface area contributed by atoms with Crippen LogP contribution in [-0.4, -0.2) is 31.4 Å². The predicted octanol–water partition coefficient (Wildman–Crippen LogP) is 3.31. The third kappa shape index (κ3) is 3.21. The fraction of sp³-hybridized carbons (Fsp3) is 0.235. The Bertz CT molecular complexity index is 965. The molecule has 3 aromatic rings. The number of nitrogens with zero attached hydrogens (tertiary/aromatic N) is 3. The number of aromatic nitrogens is 3. The Morgan fingerprint density at radius 2 is 1.96 bits per heavy atom. The molecule has 0 aliphatic heterocycles. The molecule has 0 radical (unpaired) electrons. The van der Waals surface area contributed by atoms with Crippen molar-refractivity contribution in [3.05, 3.63) is 50.9 Å². The number of halogens is 2. The molecule has 1 aliphatic carbocycles. The summed E-state index contributed by atoms with van der Waals surface area (Å²) < 4.78 is 3.10. The lowest BCUT2D eigenvalue weighted by Crippen LogP contribution is -2.25. The molecule has 2 heterocycles. The molecule has 0 saturated heterocycles. The second-order valence-corrected chi connectivity index (χ2v) is 7.50. The molecule has 0 unspecified atom stereocenters. The summed E-state index contributed by atoms with van der Waals surface area (Å²) in [6, 6.07) is 7.64. The molecular formula is C17H14Br2N4O2. The zero-order valence-corrected chi connectivity index (χ0v) is 16.2. The minimum atomic E-state index is -0.189. The number of carbonyl (C=O) groups excluding carboxylic acids is 1. The number of rotatable bonds is 4. The van der Waals surface area contributed by atoms with Gasteiger partial charge in [0.05, 0.1) is 18.0 Å². The fourth-order valence-electron chi connectivity index (χ4n) is 2.72. The first kappa shape index (κ1) is 16.7. The van der Waals surface area contributed by atoms with Crippen molar-refractivity contribution in [2.45, 2.75) is 25.5 Å². The number of aliphatic hydroxyl groups is 1. The van der Waals surface area contributed by atoms with E-state index in [-0.39, 0.29) is 12.5 Å². The summed E-state index contributed by atoms with van der Waals surface area (Å²) in [5, 5.41) is 12.7. The molecule has 1 amide bonds. The largest absolute Gasteiger partial charge is 0.390 e. The summed E-state index contributed by atoms with van der Waals surface area (Å²) in [7, 11) is 0. The van der Waals surface area contributed by atoms with Gasteiger partial charge in [-0.15, -0.1) is 0 Å². The summed E-state index contributed by atoms with van der Waals surface area (Å²) in [5.74, 6) is -0.0516. The van der Waals surface area contributed by atoms with Gasteiger partial charge in [-0.2, -0.15) is 0 Å². The highest BCUT2D eigenvalue weighted by Crippen LogP contribution is 2.29. The molecule has 4 rings (SSSR count). The van der Waals surface area contributed by atoms with Crippen LogP contribution in [0.1, 0.15) is 28.9 Å². The highest BCUT2D eigenvalue weighted by molar-refractivity contribution is 9.11. The minimum absolute atomic E-state index is 0.0516. The van der Waals surface area contributed by atoms with E-state index in [4.69, 9.17) is 0 Å². The van der Waals surface area contributed by atoms with E-state index < -0.39 is 0 Å². The zero-order chi connectivity index (χ0) is 17.6. The van der Waals surface area contributed by atoms with Gasteiger partial charge in [0.2, 0.25) is 0 Å². The van der Waals surface area contributed by atoms with Crippen molar-refractivity contribution in [2.75, 3.05) is 0 Å². The van der Waals surface area contributed by atoms with E-state index in [0.717, 1.165) is 24.1 Å². The van der Waals surface area contributed by atoms with Crippen LogP contribution in [0.5, 0.6) is 0 Å². The Hall–Kier alpha value is -1.77. The van der Waals surface area contributed by atoms with Gasteiger partial charge in [0.25, 0.3) is 5.91 Å². The van der Waals surface area contributed by atoms with Gasteiger partial charge < -0.3 is 10.4 Å². The van der Waals surface area contributed by atoms with E-state index in [9.17, 15) is 9.90 Å². The minimum Gasteiger partial charge on any atom is -0.390 e. The molecule has 0 spiro atoms. The predicted molar refractivity (Wildman–Crippen MR) is 100 cm³/mol. The van der Waals surface area contributed by atoms with E-state index >= 15 is 0 Å². The van der Waals surface area contributed by atoms with Gasteiger partial charge in [-0.25, -0.2) is 9.97 Å². The maximum atomic E-state index is 12.1. The molecule has 1 saturated carbocycles. The van der Waals surface area contributed by atoms with Gasteiger partial charge in [-0.3, -0.25) is 9.20 Å². The van der Waals surface area contributed by atoms with Crippen molar-refractivity contribution in [1.82, 2.24) is 19.7 Å². The van der Waals surface area contributed by atoms with Crippen LogP contribution < -0.4 is 5.32 Å². The van der Waals surface area contributed by atoms with Crippen molar-refractivity contribution < 1.29 is 9.90 Å². The van der Waals surface area contributed by atoms with E-state index in [1.165, 1.54) is 0 Å². The lowest BCUT2D eigenvalue weighted by molar-refractivity contribution is 0.0951. The molecule has 2 aromatic heterocycles. The van der Waals surface area contributed by atoms with Crippen LogP contribution in [0.2, 0.25) is 0 Å². The van der Waals surface area contributed by atoms with Gasteiger partial charge in [0, 0.05) is 23.4 Å². The Morgan fingerprint density at radius 1 is 1.24 bits per heavy atom. The summed E-state index contributed by atoms with van der Waals surface area (Å²) in [6.07, 6.45) is 3.92. The summed E-state index contributed by atoms with van der Waals surface area (Å²) >= 11 is 6.77. The second kappa shape index (κ2) is 6.51. The van der Waals surface area contributed by atoms with Crippen molar-refractivity contribution in [1.29, 1.82) is 0 Å². The standard InChI is InChI=1S/C17H14Br2N4O2/c18-13-7-23-14(12(8-24)21-16(23)15(19)22-13)9-1-3-10(4-2-9)17(25)20-11-5-6-11/h1-4,7,11,24H,5-6,8H2,(H,20,25). The number of imidazole rings is 1. The maximum Gasteiger partial charge on any atom is 0.251 e. The molecule has 1 aliphatic rings. The average Bonchev–Trinajstić information content (AvgIpc) is 3.33. The van der Waals surface area contributed by atoms with E-state index in [1.807, 2.05) is 16.5 Å².